The molecule has 2 heterocycles. The van der Waals surface area contributed by atoms with Gasteiger partial charge >= 0.3 is 0 Å². The van der Waals surface area contributed by atoms with Crippen LogP contribution in [0.2, 0.25) is 0 Å². The van der Waals surface area contributed by atoms with E-state index in [1.165, 1.54) is 38.4 Å². The van der Waals surface area contributed by atoms with Crippen molar-refractivity contribution in [2.75, 3.05) is 50.0 Å². The summed E-state index contributed by atoms with van der Waals surface area (Å²) >= 11 is 0. The van der Waals surface area contributed by atoms with Gasteiger partial charge in [0.25, 0.3) is 10.0 Å². The molecule has 0 amide bonds. The molecule has 0 saturated carbocycles. The quantitative estimate of drug-likeness (QED) is 0.673. The van der Waals surface area contributed by atoms with Gasteiger partial charge in [0, 0.05) is 40.0 Å². The van der Waals surface area contributed by atoms with Gasteiger partial charge in [0.15, 0.2) is 5.79 Å². The number of hydrogen-bond donors (Lipinski definition) is 1. The number of sulfonamides is 2. The maximum atomic E-state index is 13.0. The van der Waals surface area contributed by atoms with Crippen molar-refractivity contribution in [2.45, 2.75) is 28.4 Å². The van der Waals surface area contributed by atoms with E-state index in [2.05, 4.69) is 9.62 Å². The smallest absolute Gasteiger partial charge is 0.261 e. The predicted octanol–water partition coefficient (Wildman–Crippen LogP) is 2.08. The van der Waals surface area contributed by atoms with Gasteiger partial charge in [0.1, 0.15) is 0 Å². The topological polar surface area (TPSA) is 105 Å². The molecule has 11 heteroatoms. The van der Waals surface area contributed by atoms with Crippen molar-refractivity contribution in [3.8, 4) is 0 Å². The van der Waals surface area contributed by atoms with E-state index in [0.29, 0.717) is 44.8 Å². The van der Waals surface area contributed by atoms with Gasteiger partial charge in [0.2, 0.25) is 10.0 Å². The fraction of sp³-hybridized carbons (Fsp3) is 0.429. The van der Waals surface area contributed by atoms with Crippen molar-refractivity contribution in [1.29, 1.82) is 0 Å². The molecule has 174 valence electrons. The normalized spacial score (nSPS) is 18.9. The summed E-state index contributed by atoms with van der Waals surface area (Å²) in [6.45, 7) is 2.56. The van der Waals surface area contributed by atoms with Gasteiger partial charge in [-0.25, -0.2) is 21.1 Å². The van der Waals surface area contributed by atoms with Crippen LogP contribution in [0.4, 0.5) is 11.4 Å². The van der Waals surface area contributed by atoms with Crippen LogP contribution in [0.15, 0.2) is 58.3 Å². The molecule has 0 atom stereocenters. The Balaban J connectivity index is 1.53. The highest BCUT2D eigenvalue weighted by Gasteiger charge is 2.40. The second kappa shape index (κ2) is 8.64. The lowest BCUT2D eigenvalue weighted by molar-refractivity contribution is -0.169. The summed E-state index contributed by atoms with van der Waals surface area (Å²) < 4.78 is 65.8. The van der Waals surface area contributed by atoms with Gasteiger partial charge in [-0.3, -0.25) is 4.72 Å². The first-order chi connectivity index (χ1) is 15.1. The van der Waals surface area contributed by atoms with Gasteiger partial charge < -0.3 is 14.4 Å². The van der Waals surface area contributed by atoms with Crippen molar-refractivity contribution in [3.05, 3.63) is 48.5 Å². The number of rotatable bonds is 6. The standard InChI is InChI=1S/C21H27N3O6S2/c1-23(2)32(27,28)18-9-7-17(8-10-18)31(25,26)22-19-5-3-4-6-20(19)24-13-11-21(12-14-24)29-15-16-30-21/h3-10,22H,11-16H2,1-2H3. The molecule has 2 aromatic rings. The molecule has 32 heavy (non-hydrogen) atoms. The Labute approximate surface area is 189 Å². The maximum absolute atomic E-state index is 13.0. The van der Waals surface area contributed by atoms with Crippen molar-refractivity contribution < 1.29 is 26.3 Å². The fourth-order valence-corrected chi connectivity index (χ4v) is 5.89. The van der Waals surface area contributed by atoms with Crippen molar-refractivity contribution >= 4 is 31.4 Å². The Morgan fingerprint density at radius 1 is 0.875 bits per heavy atom. The molecule has 0 radical (unpaired) electrons. The number of anilines is 2. The summed E-state index contributed by atoms with van der Waals surface area (Å²) in [5, 5.41) is 0. The van der Waals surface area contributed by atoms with Crippen LogP contribution < -0.4 is 9.62 Å². The van der Waals surface area contributed by atoms with Crippen LogP contribution in [0, 0.1) is 0 Å². The number of ether oxygens (including phenoxy) is 2. The lowest BCUT2D eigenvalue weighted by Crippen LogP contribution is -2.45. The molecule has 1 N–H and O–H groups in total. The van der Waals surface area contributed by atoms with Crippen LogP contribution in [0.25, 0.3) is 0 Å². The predicted molar refractivity (Wildman–Crippen MR) is 121 cm³/mol. The highest BCUT2D eigenvalue weighted by molar-refractivity contribution is 7.92. The first-order valence-corrected chi connectivity index (χ1v) is 13.2. The Kier molecular flexibility index (Phi) is 6.21. The second-order valence-electron chi connectivity index (χ2n) is 7.98. The molecule has 2 aliphatic rings. The van der Waals surface area contributed by atoms with Crippen molar-refractivity contribution in [2.24, 2.45) is 0 Å². The molecule has 1 spiro atoms. The summed E-state index contributed by atoms with van der Waals surface area (Å²) in [4.78, 5) is 2.12. The van der Waals surface area contributed by atoms with E-state index in [4.69, 9.17) is 9.47 Å². The van der Waals surface area contributed by atoms with Gasteiger partial charge in [-0.15, -0.1) is 0 Å². The van der Waals surface area contributed by atoms with Crippen LogP contribution in [-0.2, 0) is 29.5 Å². The molecule has 2 saturated heterocycles. The molecule has 0 bridgehead atoms. The fourth-order valence-electron chi connectivity index (χ4n) is 3.91. The van der Waals surface area contributed by atoms with Crippen molar-refractivity contribution in [3.63, 3.8) is 0 Å². The Morgan fingerprint density at radius 3 is 2.03 bits per heavy atom. The molecule has 9 nitrogen and oxygen atoms in total. The number of benzene rings is 2. The zero-order valence-electron chi connectivity index (χ0n) is 18.0. The third kappa shape index (κ3) is 4.48. The molecular weight excluding hydrogens is 454 g/mol. The molecule has 2 aromatic carbocycles. The third-order valence-corrected chi connectivity index (χ3v) is 8.95. The molecule has 0 aromatic heterocycles. The zero-order chi connectivity index (χ0) is 23.0. The van der Waals surface area contributed by atoms with Gasteiger partial charge in [-0.2, -0.15) is 0 Å². The monoisotopic (exact) mass is 481 g/mol. The van der Waals surface area contributed by atoms with E-state index < -0.39 is 25.8 Å². The molecule has 0 unspecified atom stereocenters. The SMILES string of the molecule is CN(C)S(=O)(=O)c1ccc(S(=O)(=O)Nc2ccccc2N2CCC3(CC2)OCCO3)cc1. The first-order valence-electron chi connectivity index (χ1n) is 10.3. The van der Waals surface area contributed by atoms with E-state index >= 15 is 0 Å². The van der Waals surface area contributed by atoms with Crippen LogP contribution in [0.3, 0.4) is 0 Å². The summed E-state index contributed by atoms with van der Waals surface area (Å²) in [5.41, 5.74) is 1.23. The summed E-state index contributed by atoms with van der Waals surface area (Å²) in [6.07, 6.45) is 1.41. The lowest BCUT2D eigenvalue weighted by Gasteiger charge is -2.39. The van der Waals surface area contributed by atoms with Gasteiger partial charge in [-0.05, 0) is 36.4 Å². The molecule has 0 aliphatic carbocycles. The Hall–Kier alpha value is -2.18. The number of nitrogens with one attached hydrogen (secondary N) is 1. The minimum absolute atomic E-state index is 0.0182. The molecular formula is C21H27N3O6S2. The van der Waals surface area contributed by atoms with Gasteiger partial charge in [0.05, 0.1) is 34.4 Å². The summed E-state index contributed by atoms with van der Waals surface area (Å²) in [5.74, 6) is -0.514. The number of hydrogen-bond acceptors (Lipinski definition) is 7. The van der Waals surface area contributed by atoms with E-state index in [9.17, 15) is 16.8 Å². The van der Waals surface area contributed by atoms with E-state index in [0.717, 1.165) is 9.99 Å². The lowest BCUT2D eigenvalue weighted by atomic mass is 10.0. The van der Waals surface area contributed by atoms with Crippen LogP contribution in [0.5, 0.6) is 0 Å². The molecule has 4 rings (SSSR count). The Morgan fingerprint density at radius 2 is 1.44 bits per heavy atom. The van der Waals surface area contributed by atoms with Crippen LogP contribution in [0.1, 0.15) is 12.8 Å². The van der Waals surface area contributed by atoms with Crippen LogP contribution in [-0.4, -0.2) is 67.3 Å². The average Bonchev–Trinajstić information content (AvgIpc) is 3.22. The number of nitrogens with zero attached hydrogens (tertiary/aromatic N) is 2. The van der Waals surface area contributed by atoms with Crippen LogP contribution >= 0.6 is 0 Å². The summed E-state index contributed by atoms with van der Waals surface area (Å²) in [7, 11) is -4.71. The van der Waals surface area contributed by atoms with E-state index in [1.807, 2.05) is 12.1 Å². The third-order valence-electron chi connectivity index (χ3n) is 5.74. The Bertz CT molecular complexity index is 1160. The first kappa shape index (κ1) is 23.0. The minimum Gasteiger partial charge on any atom is -0.369 e. The zero-order valence-corrected chi connectivity index (χ0v) is 19.7. The number of piperidine rings is 1. The number of para-hydroxylation sites is 2. The highest BCUT2D eigenvalue weighted by Crippen LogP contribution is 2.36. The van der Waals surface area contributed by atoms with E-state index in [-0.39, 0.29) is 9.79 Å². The highest BCUT2D eigenvalue weighted by atomic mass is 32.2. The maximum Gasteiger partial charge on any atom is 0.261 e. The summed E-state index contributed by atoms with van der Waals surface area (Å²) in [6, 6.07) is 12.4. The average molecular weight is 482 g/mol. The van der Waals surface area contributed by atoms with Gasteiger partial charge in [-0.1, -0.05) is 12.1 Å². The largest absolute Gasteiger partial charge is 0.369 e. The second-order valence-corrected chi connectivity index (χ2v) is 11.8. The van der Waals surface area contributed by atoms with E-state index in [1.54, 1.807) is 12.1 Å². The van der Waals surface area contributed by atoms with Crippen molar-refractivity contribution in [1.82, 2.24) is 4.31 Å². The molecule has 2 aliphatic heterocycles. The molecule has 2 fully saturated rings. The minimum atomic E-state index is -3.91.